The summed E-state index contributed by atoms with van der Waals surface area (Å²) in [6, 6.07) is 12.0. The number of nitrogens with one attached hydrogen (secondary N) is 1. The maximum Gasteiger partial charge on any atom is 0.490 e. The van der Waals surface area contributed by atoms with Crippen LogP contribution in [0.4, 0.5) is 32.0 Å². The van der Waals surface area contributed by atoms with E-state index in [2.05, 4.69) is 10.3 Å². The van der Waals surface area contributed by atoms with Crippen LogP contribution in [0.1, 0.15) is 41.4 Å². The zero-order valence-corrected chi connectivity index (χ0v) is 26.0. The summed E-state index contributed by atoms with van der Waals surface area (Å²) >= 11 is 0. The van der Waals surface area contributed by atoms with Gasteiger partial charge in [-0.1, -0.05) is 12.1 Å². The normalized spacial score (nSPS) is 17.6. The highest BCUT2D eigenvalue weighted by Gasteiger charge is 2.49. The predicted octanol–water partition coefficient (Wildman–Crippen LogP) is 5.17. The first-order valence-corrected chi connectivity index (χ1v) is 15.1. The molecule has 3 aromatic rings. The number of carbonyl (C=O) groups is 2. The highest BCUT2D eigenvalue weighted by atomic mass is 19.4. The highest BCUT2D eigenvalue weighted by molar-refractivity contribution is 5.96. The number of alkyl halides is 6. The minimum Gasteiger partial charge on any atom is -0.496 e. The van der Waals surface area contributed by atoms with Gasteiger partial charge in [0, 0.05) is 44.3 Å². The third-order valence-electron chi connectivity index (χ3n) is 8.74. The molecule has 0 atom stereocenters. The number of amides is 1. The van der Waals surface area contributed by atoms with Gasteiger partial charge in [0.2, 0.25) is 5.88 Å². The third kappa shape index (κ3) is 6.84. The van der Waals surface area contributed by atoms with E-state index in [1.165, 1.54) is 19.2 Å². The average Bonchev–Trinajstić information content (AvgIpc) is 3.02. The van der Waals surface area contributed by atoms with E-state index >= 15 is 0 Å². The molecular formula is C32H33F6N5O5. The predicted molar refractivity (Wildman–Crippen MR) is 161 cm³/mol. The average molecular weight is 682 g/mol. The van der Waals surface area contributed by atoms with Crippen molar-refractivity contribution in [1.29, 1.82) is 0 Å². The maximum absolute atomic E-state index is 14.1. The number of methoxy groups -OCH3 is 1. The molecule has 16 heteroatoms. The van der Waals surface area contributed by atoms with Gasteiger partial charge in [-0.3, -0.25) is 4.79 Å². The monoisotopic (exact) mass is 681 g/mol. The quantitative estimate of drug-likeness (QED) is 0.340. The molecule has 0 bridgehead atoms. The van der Waals surface area contributed by atoms with Crippen LogP contribution in [-0.2, 0) is 16.4 Å². The van der Waals surface area contributed by atoms with Crippen LogP contribution in [0.3, 0.4) is 0 Å². The van der Waals surface area contributed by atoms with Crippen molar-refractivity contribution in [1.82, 2.24) is 20.2 Å². The summed E-state index contributed by atoms with van der Waals surface area (Å²) in [6.45, 7) is 5.06. The minimum absolute atomic E-state index is 0.0589. The van der Waals surface area contributed by atoms with Crippen molar-refractivity contribution in [2.75, 3.05) is 51.3 Å². The number of carboxylic acids is 1. The summed E-state index contributed by atoms with van der Waals surface area (Å²) in [4.78, 5) is 35.6. The van der Waals surface area contributed by atoms with Crippen molar-refractivity contribution in [3.05, 3.63) is 65.5 Å². The van der Waals surface area contributed by atoms with Gasteiger partial charge in [-0.05, 0) is 55.7 Å². The molecule has 1 amide bonds. The maximum atomic E-state index is 14.1. The number of nitrogens with zero attached hydrogens (tertiary/aromatic N) is 4. The lowest BCUT2D eigenvalue weighted by molar-refractivity contribution is -0.192. The summed E-state index contributed by atoms with van der Waals surface area (Å²) in [6.07, 6.45) is -6.83. The molecule has 6 rings (SSSR count). The van der Waals surface area contributed by atoms with Crippen LogP contribution in [0.15, 0.2) is 48.7 Å². The topological polar surface area (TPSA) is 117 Å². The van der Waals surface area contributed by atoms with Crippen LogP contribution in [-0.4, -0.2) is 90.5 Å². The number of benzene rings is 1. The number of anilines is 1. The number of fused-ring (bicyclic) bond motifs is 2. The molecule has 48 heavy (non-hydrogen) atoms. The smallest absolute Gasteiger partial charge is 0.490 e. The molecule has 2 aromatic heterocycles. The lowest BCUT2D eigenvalue weighted by Crippen LogP contribution is -2.64. The minimum atomic E-state index is -5.08. The molecule has 2 fully saturated rings. The fourth-order valence-electron chi connectivity index (χ4n) is 6.29. The van der Waals surface area contributed by atoms with Crippen molar-refractivity contribution >= 4 is 17.6 Å². The molecular weight excluding hydrogens is 648 g/mol. The van der Waals surface area contributed by atoms with Crippen LogP contribution >= 0.6 is 0 Å². The Morgan fingerprint density at radius 1 is 1.06 bits per heavy atom. The number of pyridine rings is 2. The van der Waals surface area contributed by atoms with E-state index in [0.29, 0.717) is 75.0 Å². The summed E-state index contributed by atoms with van der Waals surface area (Å²) in [5.41, 5.74) is 1.50. The molecule has 0 saturated carbocycles. The van der Waals surface area contributed by atoms with Gasteiger partial charge in [0.15, 0.2) is 0 Å². The lowest BCUT2D eigenvalue weighted by atomic mass is 9.69. The van der Waals surface area contributed by atoms with Gasteiger partial charge in [-0.25, -0.2) is 14.8 Å². The van der Waals surface area contributed by atoms with E-state index in [9.17, 15) is 31.1 Å². The number of rotatable bonds is 6. The first-order valence-electron chi connectivity index (χ1n) is 15.1. The Labute approximate surface area is 271 Å². The Morgan fingerprint density at radius 3 is 2.31 bits per heavy atom. The second-order valence-electron chi connectivity index (χ2n) is 11.5. The molecule has 0 aliphatic carbocycles. The molecule has 0 unspecified atom stereocenters. The molecule has 1 aromatic carbocycles. The number of piperidine rings is 1. The molecule has 3 aliphatic rings. The fourth-order valence-corrected chi connectivity index (χ4v) is 6.29. The molecule has 1 spiro atoms. The first kappa shape index (κ1) is 34.7. The highest BCUT2D eigenvalue weighted by Crippen LogP contribution is 2.47. The number of hydrogen-bond donors (Lipinski definition) is 2. The zero-order valence-electron chi connectivity index (χ0n) is 26.0. The summed E-state index contributed by atoms with van der Waals surface area (Å²) < 4.78 is 84.8. The number of carbonyl (C=O) groups excluding carboxylic acids is 1. The second kappa shape index (κ2) is 13.5. The number of aromatic nitrogens is 2. The number of carboxylic acid groups (broad SMARTS) is 1. The molecule has 10 nitrogen and oxygen atoms in total. The van der Waals surface area contributed by atoms with Crippen LogP contribution in [0.5, 0.6) is 11.6 Å². The summed E-state index contributed by atoms with van der Waals surface area (Å²) in [7, 11) is 1.25. The summed E-state index contributed by atoms with van der Waals surface area (Å²) in [5.74, 6) is -2.61. The van der Waals surface area contributed by atoms with Gasteiger partial charge < -0.3 is 29.7 Å². The zero-order chi connectivity index (χ0) is 34.9. The van der Waals surface area contributed by atoms with Gasteiger partial charge in [0.05, 0.1) is 36.7 Å². The van der Waals surface area contributed by atoms with E-state index in [1.54, 1.807) is 23.2 Å². The van der Waals surface area contributed by atoms with Gasteiger partial charge in [-0.2, -0.15) is 26.3 Å². The first-order chi connectivity index (χ1) is 22.7. The molecule has 258 valence electrons. The van der Waals surface area contributed by atoms with E-state index in [0.717, 1.165) is 5.56 Å². The SMILES string of the molecule is CCOc1ncccc1-c1ccc2c(n1)C(=O)N(C1CNC1)CC21CCN(c2cccc(OC)c2C(F)(F)F)CC1.O=C(O)C(F)(F)F. The largest absolute Gasteiger partial charge is 0.496 e. The van der Waals surface area contributed by atoms with Crippen LogP contribution in [0, 0.1) is 0 Å². The van der Waals surface area contributed by atoms with Gasteiger partial charge in [-0.15, -0.1) is 0 Å². The molecule has 2 N–H and O–H groups in total. The van der Waals surface area contributed by atoms with E-state index in [-0.39, 0.29) is 23.4 Å². The van der Waals surface area contributed by atoms with Gasteiger partial charge in [0.1, 0.15) is 17.0 Å². The van der Waals surface area contributed by atoms with Crippen molar-refractivity contribution < 1.29 is 50.5 Å². The van der Waals surface area contributed by atoms with Crippen LogP contribution in [0.25, 0.3) is 11.3 Å². The number of halogens is 6. The number of aliphatic carboxylic acids is 1. The third-order valence-corrected chi connectivity index (χ3v) is 8.74. The Hall–Kier alpha value is -4.60. The van der Waals surface area contributed by atoms with Gasteiger partial charge in [0.25, 0.3) is 5.91 Å². The van der Waals surface area contributed by atoms with Crippen LogP contribution in [0.2, 0.25) is 0 Å². The fraction of sp³-hybridized carbons (Fsp3) is 0.438. The van der Waals surface area contributed by atoms with E-state index < -0.39 is 29.3 Å². The second-order valence-corrected chi connectivity index (χ2v) is 11.5. The molecule has 3 aliphatic heterocycles. The number of hydrogen-bond acceptors (Lipinski definition) is 8. The summed E-state index contributed by atoms with van der Waals surface area (Å²) in [5, 5.41) is 10.4. The molecule has 5 heterocycles. The van der Waals surface area contributed by atoms with E-state index in [1.807, 2.05) is 30.0 Å². The van der Waals surface area contributed by atoms with Crippen LogP contribution < -0.4 is 19.7 Å². The Kier molecular flexibility index (Phi) is 9.76. The van der Waals surface area contributed by atoms with Crippen molar-refractivity contribution in [3.63, 3.8) is 0 Å². The Balaban J connectivity index is 0.000000582. The standard InChI is InChI=1S/C30H32F3N5O3.C2HF3O2/c1-3-41-27-20(6-5-13-35-27)22-10-9-21-26(36-22)28(39)38(19-16-34-17-19)18-29(21)11-14-37(15-12-29)23-7-4-8-24(40-2)25(23)30(31,32)33;3-2(4,5)1(6)7/h4-10,13,19,34H,3,11-12,14-18H2,1-2H3;(H,6,7). The van der Waals surface area contributed by atoms with Crippen molar-refractivity contribution in [2.24, 2.45) is 0 Å². The number of ether oxygens (including phenoxy) is 2. The molecule has 2 saturated heterocycles. The Morgan fingerprint density at radius 2 is 1.75 bits per heavy atom. The molecule has 0 radical (unpaired) electrons. The van der Waals surface area contributed by atoms with Crippen molar-refractivity contribution in [3.8, 4) is 22.9 Å². The lowest BCUT2D eigenvalue weighted by Gasteiger charge is -2.51. The van der Waals surface area contributed by atoms with Crippen molar-refractivity contribution in [2.45, 2.75) is 43.6 Å². The Bertz CT molecular complexity index is 1660. The van der Waals surface area contributed by atoms with E-state index in [4.69, 9.17) is 24.4 Å². The van der Waals surface area contributed by atoms with Gasteiger partial charge >= 0.3 is 18.3 Å².